The molecule has 0 radical (unpaired) electrons. The number of hydrogen-bond acceptors (Lipinski definition) is 3. The van der Waals surface area contributed by atoms with Gasteiger partial charge in [0.1, 0.15) is 5.78 Å². The van der Waals surface area contributed by atoms with Crippen molar-refractivity contribution in [1.29, 1.82) is 0 Å². The molecule has 118 valence electrons. The summed E-state index contributed by atoms with van der Waals surface area (Å²) in [5, 5.41) is 7.90. The Hall–Kier alpha value is -0.680. The Bertz CT molecular complexity index is 504. The number of carbonyl (C=O) groups is 1. The van der Waals surface area contributed by atoms with Crippen LogP contribution >= 0.6 is 15.9 Å². The zero-order valence-corrected chi connectivity index (χ0v) is 14.9. The largest absolute Gasteiger partial charge is 0.314 e. The quantitative estimate of drug-likeness (QED) is 0.850. The van der Waals surface area contributed by atoms with Gasteiger partial charge < -0.3 is 5.32 Å². The Morgan fingerprint density at radius 1 is 1.38 bits per heavy atom. The van der Waals surface area contributed by atoms with Crippen LogP contribution in [0, 0.1) is 6.92 Å². The lowest BCUT2D eigenvalue weighted by Crippen LogP contribution is -2.46. The van der Waals surface area contributed by atoms with Gasteiger partial charge in [-0.05, 0) is 49.7 Å². The number of Topliss-reactive ketones (excluding diaryl/α,β-unsaturated/α-hetero) is 1. The highest BCUT2D eigenvalue weighted by molar-refractivity contribution is 9.10. The molecule has 0 aliphatic heterocycles. The molecule has 1 aliphatic carbocycles. The van der Waals surface area contributed by atoms with Gasteiger partial charge in [0.15, 0.2) is 0 Å². The van der Waals surface area contributed by atoms with Crippen molar-refractivity contribution in [2.24, 2.45) is 0 Å². The highest BCUT2D eigenvalue weighted by Gasteiger charge is 2.32. The van der Waals surface area contributed by atoms with Gasteiger partial charge in [0.2, 0.25) is 0 Å². The molecule has 0 amide bonds. The van der Waals surface area contributed by atoms with E-state index in [1.54, 1.807) is 0 Å². The van der Waals surface area contributed by atoms with Crippen LogP contribution in [0.2, 0.25) is 0 Å². The predicted octanol–water partition coefficient (Wildman–Crippen LogP) is 3.40. The van der Waals surface area contributed by atoms with Crippen LogP contribution in [0.25, 0.3) is 0 Å². The van der Waals surface area contributed by atoms with Gasteiger partial charge in [0, 0.05) is 24.9 Å². The average molecular weight is 356 g/mol. The number of aromatic nitrogens is 2. The van der Waals surface area contributed by atoms with E-state index in [4.69, 9.17) is 0 Å². The number of ketones is 1. The van der Waals surface area contributed by atoms with E-state index in [-0.39, 0.29) is 5.54 Å². The van der Waals surface area contributed by atoms with Crippen LogP contribution in [-0.2, 0) is 17.8 Å². The lowest BCUT2D eigenvalue weighted by molar-refractivity contribution is -0.120. The molecular weight excluding hydrogens is 330 g/mol. The Balaban J connectivity index is 2.07. The van der Waals surface area contributed by atoms with Crippen LogP contribution in [0.1, 0.15) is 56.8 Å². The third-order valence-corrected chi connectivity index (χ3v) is 5.73. The normalized spacial score (nSPS) is 17.9. The Kier molecular flexibility index (Phi) is 5.60. The minimum absolute atomic E-state index is 0.0217. The molecule has 0 saturated heterocycles. The summed E-state index contributed by atoms with van der Waals surface area (Å²) in [4.78, 5) is 12.6. The second kappa shape index (κ2) is 7.05. The second-order valence-electron chi connectivity index (χ2n) is 6.15. The van der Waals surface area contributed by atoms with Crippen molar-refractivity contribution in [2.75, 3.05) is 7.05 Å². The number of carbonyl (C=O) groups excluding carboxylic acids is 1. The van der Waals surface area contributed by atoms with E-state index >= 15 is 0 Å². The molecule has 0 bridgehead atoms. The topological polar surface area (TPSA) is 46.9 Å². The Labute approximate surface area is 135 Å². The maximum atomic E-state index is 12.6. The molecule has 0 spiro atoms. The lowest BCUT2D eigenvalue weighted by Gasteiger charge is -2.36. The first-order valence-electron chi connectivity index (χ1n) is 7.93. The van der Waals surface area contributed by atoms with Gasteiger partial charge in [-0.25, -0.2) is 0 Å². The summed E-state index contributed by atoms with van der Waals surface area (Å²) in [6.45, 7) is 4.83. The van der Waals surface area contributed by atoms with Crippen molar-refractivity contribution in [3.63, 3.8) is 0 Å². The molecule has 1 aromatic heterocycles. The van der Waals surface area contributed by atoms with E-state index < -0.39 is 0 Å². The van der Waals surface area contributed by atoms with E-state index in [9.17, 15) is 4.79 Å². The summed E-state index contributed by atoms with van der Waals surface area (Å²) in [6, 6.07) is 0. The minimum Gasteiger partial charge on any atom is -0.314 e. The average Bonchev–Trinajstić information content (AvgIpc) is 2.75. The van der Waals surface area contributed by atoms with Gasteiger partial charge in [0.25, 0.3) is 0 Å². The smallest absolute Gasteiger partial charge is 0.140 e. The fourth-order valence-corrected chi connectivity index (χ4v) is 3.83. The zero-order chi connectivity index (χ0) is 15.5. The van der Waals surface area contributed by atoms with Crippen LogP contribution in [0.5, 0.6) is 0 Å². The molecule has 21 heavy (non-hydrogen) atoms. The first-order chi connectivity index (χ1) is 10.0. The van der Waals surface area contributed by atoms with E-state index in [1.165, 1.54) is 19.3 Å². The van der Waals surface area contributed by atoms with Crippen LogP contribution < -0.4 is 5.32 Å². The highest BCUT2D eigenvalue weighted by Crippen LogP contribution is 2.32. The molecule has 1 heterocycles. The number of aryl methyl sites for hydroxylation is 2. The van der Waals surface area contributed by atoms with E-state index in [2.05, 4.69) is 33.3 Å². The van der Waals surface area contributed by atoms with Crippen LogP contribution in [0.3, 0.4) is 0 Å². The summed E-state index contributed by atoms with van der Waals surface area (Å²) in [5.41, 5.74) is 2.00. The summed E-state index contributed by atoms with van der Waals surface area (Å²) >= 11 is 3.57. The van der Waals surface area contributed by atoms with Crippen molar-refractivity contribution < 1.29 is 4.79 Å². The molecule has 1 fully saturated rings. The van der Waals surface area contributed by atoms with Crippen molar-refractivity contribution in [1.82, 2.24) is 15.1 Å². The van der Waals surface area contributed by atoms with Crippen molar-refractivity contribution in [3.8, 4) is 0 Å². The zero-order valence-electron chi connectivity index (χ0n) is 13.3. The summed E-state index contributed by atoms with van der Waals surface area (Å²) < 4.78 is 2.92. The molecule has 0 aromatic carbocycles. The fraction of sp³-hybridized carbons (Fsp3) is 0.750. The van der Waals surface area contributed by atoms with E-state index in [0.29, 0.717) is 18.6 Å². The molecule has 5 heteroatoms. The van der Waals surface area contributed by atoms with E-state index in [0.717, 1.165) is 35.2 Å². The van der Waals surface area contributed by atoms with Gasteiger partial charge in [-0.2, -0.15) is 5.10 Å². The number of halogens is 1. The molecule has 1 aliphatic rings. The number of hydrogen-bond donors (Lipinski definition) is 1. The van der Waals surface area contributed by atoms with Gasteiger partial charge in [0.05, 0.1) is 15.9 Å². The summed E-state index contributed by atoms with van der Waals surface area (Å²) in [7, 11) is 1.99. The van der Waals surface area contributed by atoms with Crippen molar-refractivity contribution in [2.45, 2.75) is 70.9 Å². The molecule has 1 N–H and O–H groups in total. The molecule has 4 nitrogen and oxygen atoms in total. The van der Waals surface area contributed by atoms with Gasteiger partial charge in [-0.1, -0.05) is 19.3 Å². The van der Waals surface area contributed by atoms with Gasteiger partial charge >= 0.3 is 0 Å². The number of nitrogens with one attached hydrogen (secondary N) is 1. The molecular formula is C16H26BrN3O. The summed E-state index contributed by atoms with van der Waals surface area (Å²) in [6.07, 6.45) is 7.08. The molecule has 2 rings (SSSR count). The maximum Gasteiger partial charge on any atom is 0.140 e. The lowest BCUT2D eigenvalue weighted by atomic mass is 9.78. The molecule has 1 saturated carbocycles. The second-order valence-corrected chi connectivity index (χ2v) is 6.94. The molecule has 1 aromatic rings. The molecule has 0 unspecified atom stereocenters. The number of nitrogens with zero attached hydrogens (tertiary/aromatic N) is 2. The predicted molar refractivity (Wildman–Crippen MR) is 88.5 cm³/mol. The Morgan fingerprint density at radius 2 is 2.05 bits per heavy atom. The third kappa shape index (κ3) is 3.75. The summed E-state index contributed by atoms with van der Waals surface area (Å²) in [5.74, 6) is 0.307. The third-order valence-electron chi connectivity index (χ3n) is 4.69. The van der Waals surface area contributed by atoms with Crippen molar-refractivity contribution in [3.05, 3.63) is 15.9 Å². The van der Waals surface area contributed by atoms with E-state index in [1.807, 2.05) is 18.7 Å². The monoisotopic (exact) mass is 355 g/mol. The van der Waals surface area contributed by atoms with Crippen molar-refractivity contribution >= 4 is 21.7 Å². The SMILES string of the molecule is CCn1nc(C)c(Br)c1CC(=O)CC1(NC)CCCCC1. The van der Waals surface area contributed by atoms with Crippen LogP contribution in [0.4, 0.5) is 0 Å². The Morgan fingerprint density at radius 3 is 2.62 bits per heavy atom. The first-order valence-corrected chi connectivity index (χ1v) is 8.73. The number of rotatable bonds is 6. The fourth-order valence-electron chi connectivity index (χ4n) is 3.41. The van der Waals surface area contributed by atoms with Gasteiger partial charge in [-0.15, -0.1) is 0 Å². The first kappa shape index (κ1) is 16.7. The highest BCUT2D eigenvalue weighted by atomic mass is 79.9. The standard InChI is InChI=1S/C16H26BrN3O/c1-4-20-14(15(17)12(2)19-20)10-13(21)11-16(18-3)8-6-5-7-9-16/h18H,4-11H2,1-3H3. The molecule has 0 atom stereocenters. The minimum atomic E-state index is 0.0217. The van der Waals surface area contributed by atoms with Crippen LogP contribution in [0.15, 0.2) is 4.47 Å². The van der Waals surface area contributed by atoms with Crippen LogP contribution in [-0.4, -0.2) is 28.2 Å². The van der Waals surface area contributed by atoms with Gasteiger partial charge in [-0.3, -0.25) is 9.48 Å². The maximum absolute atomic E-state index is 12.6.